The zero-order valence-corrected chi connectivity index (χ0v) is 21.6. The molecule has 5 aromatic rings. The Morgan fingerprint density at radius 1 is 0.947 bits per heavy atom. The molecule has 0 amide bonds. The van der Waals surface area contributed by atoms with Gasteiger partial charge in [0.25, 0.3) is 6.01 Å². The van der Waals surface area contributed by atoms with Crippen LogP contribution in [0.2, 0.25) is 0 Å². The Bertz CT molecular complexity index is 1620. The molecule has 0 radical (unpaired) electrons. The van der Waals surface area contributed by atoms with E-state index in [1.54, 1.807) is 30.5 Å². The molecule has 0 unspecified atom stereocenters. The molecule has 0 bridgehead atoms. The topological polar surface area (TPSA) is 138 Å². The molecule has 0 saturated carbocycles. The van der Waals surface area contributed by atoms with Gasteiger partial charge in [-0.15, -0.1) is 11.3 Å². The van der Waals surface area contributed by atoms with Crippen molar-refractivity contribution in [2.24, 2.45) is 0 Å². The highest BCUT2D eigenvalue weighted by atomic mass is 32.2. The Morgan fingerprint density at radius 3 is 2.45 bits per heavy atom. The number of anilines is 2. The molecule has 0 aliphatic heterocycles. The van der Waals surface area contributed by atoms with Gasteiger partial charge < -0.3 is 14.8 Å². The minimum atomic E-state index is -4.35. The van der Waals surface area contributed by atoms with Crippen LogP contribution in [0.15, 0.2) is 94.9 Å². The zero-order valence-electron chi connectivity index (χ0n) is 20.0. The van der Waals surface area contributed by atoms with Crippen LogP contribution in [0.3, 0.4) is 0 Å². The van der Waals surface area contributed by atoms with E-state index < -0.39 is 10.3 Å². The molecule has 5 rings (SSSR count). The van der Waals surface area contributed by atoms with Crippen LogP contribution in [0.25, 0.3) is 21.9 Å². The SMILES string of the molecule is O=S(=O)(O)Nc1ccc(C[C@H](Nc2ncc(-c3cccc(CO)c3)o2)c2csc(-c3ccccc3)n2)cc1. The lowest BCUT2D eigenvalue weighted by atomic mass is 10.0. The molecule has 0 fully saturated rings. The van der Waals surface area contributed by atoms with E-state index in [4.69, 9.17) is 14.0 Å². The Kier molecular flexibility index (Phi) is 7.52. The van der Waals surface area contributed by atoms with Gasteiger partial charge in [-0.1, -0.05) is 60.7 Å². The molecule has 0 aliphatic rings. The Hall–Kier alpha value is -4.03. The summed E-state index contributed by atoms with van der Waals surface area (Å²) < 4.78 is 39.3. The minimum absolute atomic E-state index is 0.0682. The van der Waals surface area contributed by atoms with Gasteiger partial charge >= 0.3 is 10.3 Å². The summed E-state index contributed by atoms with van der Waals surface area (Å²) >= 11 is 1.54. The highest BCUT2D eigenvalue weighted by Crippen LogP contribution is 2.31. The minimum Gasteiger partial charge on any atom is -0.424 e. The quantitative estimate of drug-likeness (QED) is 0.166. The molecule has 194 valence electrons. The van der Waals surface area contributed by atoms with Gasteiger partial charge in [-0.2, -0.15) is 8.42 Å². The Labute approximate surface area is 223 Å². The molecule has 0 saturated heterocycles. The van der Waals surface area contributed by atoms with E-state index in [1.165, 1.54) is 11.3 Å². The number of nitrogens with one attached hydrogen (secondary N) is 2. The maximum absolute atomic E-state index is 11.1. The molecule has 2 heterocycles. The first-order valence-electron chi connectivity index (χ1n) is 11.6. The second-order valence-electron chi connectivity index (χ2n) is 8.51. The zero-order chi connectivity index (χ0) is 26.5. The first kappa shape index (κ1) is 25.6. The predicted octanol–water partition coefficient (Wildman–Crippen LogP) is 5.57. The van der Waals surface area contributed by atoms with Crippen molar-refractivity contribution in [2.45, 2.75) is 19.1 Å². The van der Waals surface area contributed by atoms with Gasteiger partial charge in [0.2, 0.25) is 0 Å². The van der Waals surface area contributed by atoms with Crippen LogP contribution in [0.4, 0.5) is 11.7 Å². The van der Waals surface area contributed by atoms with Gasteiger partial charge in [-0.25, -0.2) is 9.97 Å². The molecule has 2 aromatic heterocycles. The molecule has 11 heteroatoms. The number of nitrogens with zero attached hydrogens (tertiary/aromatic N) is 2. The Morgan fingerprint density at radius 2 is 1.71 bits per heavy atom. The standard InChI is InChI=1S/C27H24N4O5S2/c32-16-19-5-4-8-21(13-19)25-15-28-27(36-25)30-23(14-18-9-11-22(12-10-18)31-38(33,34)35)24-17-37-26(29-24)20-6-2-1-3-7-20/h1-13,15,17,23,31-32H,14,16H2,(H,28,30)(H,33,34,35)/t23-/m0/s1. The fraction of sp³-hybridized carbons (Fsp3) is 0.111. The molecule has 9 nitrogen and oxygen atoms in total. The molecule has 1 atom stereocenters. The van der Waals surface area contributed by atoms with E-state index in [0.717, 1.165) is 33.0 Å². The van der Waals surface area contributed by atoms with Crippen molar-refractivity contribution < 1.29 is 22.5 Å². The van der Waals surface area contributed by atoms with E-state index in [0.29, 0.717) is 18.2 Å². The molecule has 0 aliphatic carbocycles. The monoisotopic (exact) mass is 548 g/mol. The summed E-state index contributed by atoms with van der Waals surface area (Å²) in [6.45, 7) is -0.0682. The molecule has 4 N–H and O–H groups in total. The van der Waals surface area contributed by atoms with Crippen molar-refractivity contribution in [2.75, 3.05) is 10.0 Å². The maximum atomic E-state index is 11.1. The number of rotatable bonds is 10. The number of aliphatic hydroxyl groups is 1. The second-order valence-corrected chi connectivity index (χ2v) is 10.5. The fourth-order valence-electron chi connectivity index (χ4n) is 3.93. The van der Waals surface area contributed by atoms with Gasteiger partial charge in [-0.05, 0) is 35.7 Å². The third kappa shape index (κ3) is 6.45. The van der Waals surface area contributed by atoms with Crippen LogP contribution < -0.4 is 10.0 Å². The summed E-state index contributed by atoms with van der Waals surface area (Å²) in [4.78, 5) is 9.27. The van der Waals surface area contributed by atoms with E-state index in [2.05, 4.69) is 10.3 Å². The lowest BCUT2D eigenvalue weighted by Crippen LogP contribution is -2.15. The molecule has 3 aromatic carbocycles. The maximum Gasteiger partial charge on any atom is 0.357 e. The number of aliphatic hydroxyl groups excluding tert-OH is 1. The van der Waals surface area contributed by atoms with Crippen LogP contribution in [0, 0.1) is 0 Å². The van der Waals surface area contributed by atoms with Crippen molar-refractivity contribution in [3.63, 3.8) is 0 Å². The summed E-state index contributed by atoms with van der Waals surface area (Å²) in [5.74, 6) is 0.561. The number of benzene rings is 3. The predicted molar refractivity (Wildman–Crippen MR) is 147 cm³/mol. The highest BCUT2D eigenvalue weighted by molar-refractivity contribution is 7.87. The molecular weight excluding hydrogens is 524 g/mol. The van der Waals surface area contributed by atoms with Gasteiger partial charge in [-0.3, -0.25) is 9.27 Å². The molecule has 0 spiro atoms. The van der Waals surface area contributed by atoms with Gasteiger partial charge in [0.05, 0.1) is 30.2 Å². The summed E-state index contributed by atoms with van der Waals surface area (Å²) in [7, 11) is -4.35. The first-order chi connectivity index (χ1) is 18.4. The van der Waals surface area contributed by atoms with Crippen LogP contribution in [-0.2, 0) is 23.3 Å². The first-order valence-corrected chi connectivity index (χ1v) is 14.0. The fourth-order valence-corrected chi connectivity index (χ4v) is 5.24. The van der Waals surface area contributed by atoms with Crippen LogP contribution >= 0.6 is 11.3 Å². The summed E-state index contributed by atoms with van der Waals surface area (Å²) in [6.07, 6.45) is 2.13. The third-order valence-electron chi connectivity index (χ3n) is 5.74. The van der Waals surface area contributed by atoms with Gasteiger partial charge in [0, 0.05) is 16.5 Å². The van der Waals surface area contributed by atoms with Crippen molar-refractivity contribution in [1.82, 2.24) is 9.97 Å². The lowest BCUT2D eigenvalue weighted by Gasteiger charge is -2.16. The van der Waals surface area contributed by atoms with E-state index in [1.807, 2.05) is 64.7 Å². The van der Waals surface area contributed by atoms with Crippen molar-refractivity contribution in [3.8, 4) is 21.9 Å². The summed E-state index contributed by atoms with van der Waals surface area (Å²) in [5, 5.41) is 15.7. The Balaban J connectivity index is 1.41. The van der Waals surface area contributed by atoms with E-state index in [-0.39, 0.29) is 18.3 Å². The van der Waals surface area contributed by atoms with E-state index in [9.17, 15) is 13.5 Å². The molecular formula is C27H24N4O5S2. The number of thiazole rings is 1. The van der Waals surface area contributed by atoms with E-state index >= 15 is 0 Å². The second kappa shape index (κ2) is 11.2. The summed E-state index contributed by atoms with van der Waals surface area (Å²) in [5.41, 5.74) is 4.55. The third-order valence-corrected chi connectivity index (χ3v) is 7.14. The van der Waals surface area contributed by atoms with Gasteiger partial charge in [0.15, 0.2) is 5.76 Å². The van der Waals surface area contributed by atoms with Crippen LogP contribution in [-0.4, -0.2) is 28.0 Å². The van der Waals surface area contributed by atoms with Crippen LogP contribution in [0.5, 0.6) is 0 Å². The van der Waals surface area contributed by atoms with Crippen molar-refractivity contribution in [3.05, 3.63) is 107 Å². The van der Waals surface area contributed by atoms with Crippen molar-refractivity contribution in [1.29, 1.82) is 0 Å². The van der Waals surface area contributed by atoms with Crippen molar-refractivity contribution >= 4 is 33.3 Å². The number of hydrogen-bond donors (Lipinski definition) is 4. The van der Waals surface area contributed by atoms with Gasteiger partial charge in [0.1, 0.15) is 5.01 Å². The van der Waals surface area contributed by atoms with Crippen LogP contribution in [0.1, 0.15) is 22.9 Å². The largest absolute Gasteiger partial charge is 0.424 e. The number of aromatic nitrogens is 2. The normalized spacial score (nSPS) is 12.3. The number of oxazole rings is 1. The lowest BCUT2D eigenvalue weighted by molar-refractivity contribution is 0.282. The summed E-state index contributed by atoms with van der Waals surface area (Å²) in [6, 6.07) is 24.0. The average Bonchev–Trinajstić information content (AvgIpc) is 3.60. The molecule has 38 heavy (non-hydrogen) atoms. The highest BCUT2D eigenvalue weighted by Gasteiger charge is 2.20. The smallest absolute Gasteiger partial charge is 0.357 e. The number of hydrogen-bond acceptors (Lipinski definition) is 8. The average molecular weight is 549 g/mol.